The van der Waals surface area contributed by atoms with Gasteiger partial charge in [0.05, 0.1) is 16.6 Å². The van der Waals surface area contributed by atoms with E-state index in [2.05, 4.69) is 4.98 Å². The fourth-order valence-corrected chi connectivity index (χ4v) is 2.91. The molecule has 1 fully saturated rings. The number of amides is 1. The highest BCUT2D eigenvalue weighted by Gasteiger charge is 2.32. The summed E-state index contributed by atoms with van der Waals surface area (Å²) in [5.74, 6) is -1.33. The second kappa shape index (κ2) is 4.44. The van der Waals surface area contributed by atoms with Crippen LogP contribution in [0.25, 0.3) is 0 Å². The first kappa shape index (κ1) is 12.0. The quantitative estimate of drug-likeness (QED) is 0.863. The Morgan fingerprint density at radius 1 is 1.47 bits per heavy atom. The topological polar surface area (TPSA) is 70.5 Å². The van der Waals surface area contributed by atoms with Crippen LogP contribution in [-0.4, -0.2) is 40.0 Å². The van der Waals surface area contributed by atoms with E-state index in [1.54, 1.807) is 4.90 Å². The molecule has 0 spiro atoms. The van der Waals surface area contributed by atoms with E-state index >= 15 is 0 Å². The number of nitrogens with zero attached hydrogens (tertiary/aromatic N) is 2. The molecule has 1 saturated heterocycles. The van der Waals surface area contributed by atoms with E-state index in [9.17, 15) is 9.59 Å². The molecule has 1 amide bonds. The number of carbonyl (C=O) groups is 2. The number of carboxylic acid groups (broad SMARTS) is 1. The third-order valence-corrected chi connectivity index (χ3v) is 3.98. The number of carboxylic acids is 1. The summed E-state index contributed by atoms with van der Waals surface area (Å²) >= 11 is 1.37. The van der Waals surface area contributed by atoms with Gasteiger partial charge in [0.2, 0.25) is 0 Å². The molecule has 2 heterocycles. The molecular weight excluding hydrogens is 240 g/mol. The van der Waals surface area contributed by atoms with Gasteiger partial charge in [-0.3, -0.25) is 9.59 Å². The Kier molecular flexibility index (Phi) is 3.15. The molecule has 0 saturated carbocycles. The molecule has 0 aromatic carbocycles. The number of aliphatic carboxylic acids is 1. The predicted molar refractivity (Wildman–Crippen MR) is 63.2 cm³/mol. The molecule has 1 aliphatic heterocycles. The van der Waals surface area contributed by atoms with Gasteiger partial charge in [0, 0.05) is 13.1 Å². The summed E-state index contributed by atoms with van der Waals surface area (Å²) in [6.45, 7) is 4.50. The van der Waals surface area contributed by atoms with E-state index in [0.717, 1.165) is 10.7 Å². The lowest BCUT2D eigenvalue weighted by Crippen LogP contribution is -2.29. The Hall–Kier alpha value is -1.43. The van der Waals surface area contributed by atoms with Crippen LogP contribution in [0.5, 0.6) is 0 Å². The van der Waals surface area contributed by atoms with Crippen molar-refractivity contribution in [3.63, 3.8) is 0 Å². The van der Waals surface area contributed by atoms with Crippen LogP contribution in [0.4, 0.5) is 0 Å². The summed E-state index contributed by atoms with van der Waals surface area (Å²) in [7, 11) is 0. The van der Waals surface area contributed by atoms with Crippen molar-refractivity contribution in [1.29, 1.82) is 0 Å². The van der Waals surface area contributed by atoms with Gasteiger partial charge in [-0.1, -0.05) is 0 Å². The zero-order valence-electron chi connectivity index (χ0n) is 9.77. The van der Waals surface area contributed by atoms with Gasteiger partial charge in [0.25, 0.3) is 5.91 Å². The summed E-state index contributed by atoms with van der Waals surface area (Å²) < 4.78 is 0. The van der Waals surface area contributed by atoms with E-state index in [1.807, 2.05) is 13.8 Å². The molecule has 1 aromatic heterocycles. The zero-order valence-corrected chi connectivity index (χ0v) is 10.6. The van der Waals surface area contributed by atoms with E-state index in [4.69, 9.17) is 5.11 Å². The van der Waals surface area contributed by atoms with Gasteiger partial charge in [-0.2, -0.15) is 0 Å². The maximum atomic E-state index is 12.2. The molecule has 0 radical (unpaired) electrons. The zero-order chi connectivity index (χ0) is 12.6. The molecule has 1 aliphatic rings. The lowest BCUT2D eigenvalue weighted by Gasteiger charge is -2.14. The number of likely N-dealkylation sites (tertiary alicyclic amines) is 1. The number of carbonyl (C=O) groups excluding carboxylic acids is 1. The van der Waals surface area contributed by atoms with Crippen molar-refractivity contribution in [2.75, 3.05) is 13.1 Å². The fraction of sp³-hybridized carbons (Fsp3) is 0.545. The van der Waals surface area contributed by atoms with Crippen molar-refractivity contribution in [3.05, 3.63) is 15.6 Å². The van der Waals surface area contributed by atoms with E-state index in [1.165, 1.54) is 11.3 Å². The Morgan fingerprint density at radius 3 is 2.65 bits per heavy atom. The molecule has 6 heteroatoms. The summed E-state index contributed by atoms with van der Waals surface area (Å²) in [5, 5.41) is 9.76. The van der Waals surface area contributed by atoms with Crippen LogP contribution in [0.1, 0.15) is 26.8 Å². The molecule has 1 aromatic rings. The van der Waals surface area contributed by atoms with Gasteiger partial charge in [-0.25, -0.2) is 4.98 Å². The molecule has 92 valence electrons. The van der Waals surface area contributed by atoms with Crippen molar-refractivity contribution >= 4 is 23.2 Å². The van der Waals surface area contributed by atoms with Crippen LogP contribution >= 0.6 is 11.3 Å². The van der Waals surface area contributed by atoms with Gasteiger partial charge >= 0.3 is 5.97 Å². The summed E-state index contributed by atoms with van der Waals surface area (Å²) in [4.78, 5) is 29.4. The first-order valence-electron chi connectivity index (χ1n) is 5.45. The first-order valence-corrected chi connectivity index (χ1v) is 6.27. The van der Waals surface area contributed by atoms with Gasteiger partial charge in [0.1, 0.15) is 4.88 Å². The largest absolute Gasteiger partial charge is 0.481 e. The highest BCUT2D eigenvalue weighted by molar-refractivity contribution is 7.13. The Morgan fingerprint density at radius 2 is 2.18 bits per heavy atom. The van der Waals surface area contributed by atoms with Crippen molar-refractivity contribution in [3.8, 4) is 0 Å². The summed E-state index contributed by atoms with van der Waals surface area (Å²) in [6, 6.07) is 0. The fourth-order valence-electron chi connectivity index (χ4n) is 2.02. The molecule has 1 N–H and O–H groups in total. The molecule has 0 aliphatic carbocycles. The van der Waals surface area contributed by atoms with Crippen LogP contribution in [0.2, 0.25) is 0 Å². The molecule has 17 heavy (non-hydrogen) atoms. The van der Waals surface area contributed by atoms with Gasteiger partial charge in [-0.05, 0) is 20.3 Å². The van der Waals surface area contributed by atoms with Gasteiger partial charge < -0.3 is 10.0 Å². The monoisotopic (exact) mass is 254 g/mol. The van der Waals surface area contributed by atoms with Crippen LogP contribution in [-0.2, 0) is 4.79 Å². The van der Waals surface area contributed by atoms with Crippen molar-refractivity contribution < 1.29 is 14.7 Å². The number of rotatable bonds is 2. The molecular formula is C11H14N2O3S. The van der Waals surface area contributed by atoms with Crippen LogP contribution in [0.15, 0.2) is 0 Å². The molecule has 0 unspecified atom stereocenters. The molecule has 5 nitrogen and oxygen atoms in total. The molecule has 2 rings (SSSR count). The SMILES string of the molecule is Cc1nc(C)c(C(=O)N2CC[C@@H](C(=O)O)C2)s1. The number of hydrogen-bond donors (Lipinski definition) is 1. The second-order valence-corrected chi connectivity index (χ2v) is 5.43. The first-order chi connectivity index (χ1) is 7.99. The van der Waals surface area contributed by atoms with Gasteiger partial charge in [0.15, 0.2) is 0 Å². The third-order valence-electron chi connectivity index (χ3n) is 2.92. The standard InChI is InChI=1S/C11H14N2O3S/c1-6-9(17-7(2)12-6)10(14)13-4-3-8(5-13)11(15)16/h8H,3-5H2,1-2H3,(H,15,16)/t8-/m1/s1. The maximum Gasteiger partial charge on any atom is 0.308 e. The molecule has 0 bridgehead atoms. The Balaban J connectivity index is 2.12. The average molecular weight is 254 g/mol. The normalized spacial score (nSPS) is 19.6. The van der Waals surface area contributed by atoms with Crippen LogP contribution in [0.3, 0.4) is 0 Å². The van der Waals surface area contributed by atoms with E-state index < -0.39 is 11.9 Å². The minimum absolute atomic E-state index is 0.0862. The number of aryl methyl sites for hydroxylation is 2. The van der Waals surface area contributed by atoms with Crippen molar-refractivity contribution in [2.45, 2.75) is 20.3 Å². The third kappa shape index (κ3) is 2.31. The second-order valence-electron chi connectivity index (χ2n) is 4.22. The van der Waals surface area contributed by atoms with Crippen LogP contribution in [0, 0.1) is 19.8 Å². The predicted octanol–water partition coefficient (Wildman–Crippen LogP) is 1.31. The average Bonchev–Trinajstić information content (AvgIpc) is 2.84. The number of hydrogen-bond acceptors (Lipinski definition) is 4. The Labute approximate surface area is 103 Å². The highest BCUT2D eigenvalue weighted by atomic mass is 32.1. The maximum absolute atomic E-state index is 12.2. The number of aromatic nitrogens is 1. The van der Waals surface area contributed by atoms with Gasteiger partial charge in [-0.15, -0.1) is 11.3 Å². The summed E-state index contributed by atoms with van der Waals surface area (Å²) in [5.41, 5.74) is 0.733. The van der Waals surface area contributed by atoms with Crippen molar-refractivity contribution in [2.24, 2.45) is 5.92 Å². The lowest BCUT2D eigenvalue weighted by molar-refractivity contribution is -0.141. The van der Waals surface area contributed by atoms with Crippen LogP contribution < -0.4 is 0 Å². The highest BCUT2D eigenvalue weighted by Crippen LogP contribution is 2.23. The lowest BCUT2D eigenvalue weighted by atomic mass is 10.1. The summed E-state index contributed by atoms with van der Waals surface area (Å²) in [6.07, 6.45) is 0.540. The van der Waals surface area contributed by atoms with E-state index in [-0.39, 0.29) is 5.91 Å². The van der Waals surface area contributed by atoms with E-state index in [0.29, 0.717) is 24.4 Å². The minimum atomic E-state index is -0.822. The molecule has 1 atom stereocenters. The minimum Gasteiger partial charge on any atom is -0.481 e. The Bertz CT molecular complexity index is 469. The van der Waals surface area contributed by atoms with Crippen molar-refractivity contribution in [1.82, 2.24) is 9.88 Å². The smallest absolute Gasteiger partial charge is 0.308 e. The number of thiazole rings is 1.